The van der Waals surface area contributed by atoms with Gasteiger partial charge in [-0.15, -0.1) is 0 Å². The number of rotatable bonds is 3. The molecule has 0 saturated carbocycles. The van der Waals surface area contributed by atoms with Crippen LogP contribution in [0.25, 0.3) is 0 Å². The summed E-state index contributed by atoms with van der Waals surface area (Å²) in [6.07, 6.45) is 0.649. The van der Waals surface area contributed by atoms with Crippen LogP contribution in [0.1, 0.15) is 23.2 Å². The lowest BCUT2D eigenvalue weighted by Crippen LogP contribution is -2.26. The lowest BCUT2D eigenvalue weighted by atomic mass is 10.1. The van der Waals surface area contributed by atoms with Crippen LogP contribution in [0.15, 0.2) is 28.8 Å². The minimum absolute atomic E-state index is 0.119. The molecule has 2 atom stereocenters. The third-order valence-corrected chi connectivity index (χ3v) is 4.67. The molecule has 1 aliphatic rings. The molecule has 1 aromatic carbocycles. The summed E-state index contributed by atoms with van der Waals surface area (Å²) in [5, 5.41) is 4.76. The van der Waals surface area contributed by atoms with E-state index >= 15 is 0 Å². The van der Waals surface area contributed by atoms with Gasteiger partial charge in [-0.05, 0) is 17.7 Å². The molecule has 1 saturated heterocycles. The average Bonchev–Trinajstić information content (AvgIpc) is 3.01. The monoisotopic (exact) mass is 295 g/mol. The van der Waals surface area contributed by atoms with E-state index in [9.17, 15) is 0 Å². The molecule has 0 aliphatic carbocycles. The smallest absolute Gasteiger partial charge is 0.232 e. The Kier molecular flexibility index (Phi) is 3.77. The van der Waals surface area contributed by atoms with E-state index in [4.69, 9.17) is 21.9 Å². The Hall–Kier alpha value is -1.04. The van der Waals surface area contributed by atoms with Crippen molar-refractivity contribution in [3.8, 4) is 0 Å². The highest BCUT2D eigenvalue weighted by Crippen LogP contribution is 2.30. The highest BCUT2D eigenvalue weighted by atomic mass is 35.5. The van der Waals surface area contributed by atoms with E-state index in [2.05, 4.69) is 10.1 Å². The highest BCUT2D eigenvalue weighted by molar-refractivity contribution is 7.99. The van der Waals surface area contributed by atoms with Gasteiger partial charge >= 0.3 is 0 Å². The van der Waals surface area contributed by atoms with Crippen LogP contribution in [0.2, 0.25) is 5.02 Å². The molecule has 0 amide bonds. The fourth-order valence-corrected chi connectivity index (χ4v) is 3.51. The molecule has 2 aromatic rings. The van der Waals surface area contributed by atoms with Gasteiger partial charge in [-0.25, -0.2) is 0 Å². The van der Waals surface area contributed by atoms with Crippen LogP contribution in [0, 0.1) is 0 Å². The van der Waals surface area contributed by atoms with E-state index < -0.39 is 0 Å². The van der Waals surface area contributed by atoms with E-state index in [0.717, 1.165) is 22.1 Å². The van der Waals surface area contributed by atoms with E-state index in [1.54, 1.807) is 0 Å². The number of hydrogen-bond acceptors (Lipinski definition) is 5. The van der Waals surface area contributed by atoms with Crippen molar-refractivity contribution in [1.29, 1.82) is 0 Å². The SMILES string of the molecule is NC1CSCC1c1nc(Cc2ccc(Cl)cc2)no1. The van der Waals surface area contributed by atoms with Crippen molar-refractivity contribution in [3.05, 3.63) is 46.6 Å². The van der Waals surface area contributed by atoms with Gasteiger partial charge in [0.2, 0.25) is 5.89 Å². The zero-order valence-electron chi connectivity index (χ0n) is 10.3. The fraction of sp³-hybridized carbons (Fsp3) is 0.385. The molecule has 0 bridgehead atoms. The van der Waals surface area contributed by atoms with Gasteiger partial charge in [0.25, 0.3) is 0 Å². The molecule has 0 radical (unpaired) electrons. The van der Waals surface area contributed by atoms with Crippen molar-refractivity contribution < 1.29 is 4.52 Å². The number of aromatic nitrogens is 2. The Morgan fingerprint density at radius 2 is 2.11 bits per heavy atom. The fourth-order valence-electron chi connectivity index (χ4n) is 2.10. The van der Waals surface area contributed by atoms with E-state index in [-0.39, 0.29) is 12.0 Å². The summed E-state index contributed by atoms with van der Waals surface area (Å²) in [5.41, 5.74) is 7.14. The molecule has 2 heterocycles. The minimum Gasteiger partial charge on any atom is -0.339 e. The van der Waals surface area contributed by atoms with Gasteiger partial charge in [0.15, 0.2) is 5.82 Å². The molecule has 1 aliphatic heterocycles. The number of thioether (sulfide) groups is 1. The molecule has 2 unspecified atom stereocenters. The van der Waals surface area contributed by atoms with Gasteiger partial charge < -0.3 is 10.3 Å². The number of hydrogen-bond donors (Lipinski definition) is 1. The van der Waals surface area contributed by atoms with Gasteiger partial charge in [0.05, 0.1) is 5.92 Å². The molecule has 0 spiro atoms. The third kappa shape index (κ3) is 2.94. The second kappa shape index (κ2) is 5.53. The zero-order valence-corrected chi connectivity index (χ0v) is 11.8. The van der Waals surface area contributed by atoms with Gasteiger partial charge in [-0.3, -0.25) is 0 Å². The first kappa shape index (κ1) is 13.0. The zero-order chi connectivity index (χ0) is 13.2. The summed E-state index contributed by atoms with van der Waals surface area (Å²) >= 11 is 7.69. The second-order valence-electron chi connectivity index (χ2n) is 4.66. The molecule has 4 nitrogen and oxygen atoms in total. The first-order valence-corrected chi connectivity index (χ1v) is 7.66. The highest BCUT2D eigenvalue weighted by Gasteiger charge is 2.30. The van der Waals surface area contributed by atoms with Gasteiger partial charge in [-0.2, -0.15) is 16.7 Å². The van der Waals surface area contributed by atoms with Crippen LogP contribution in [0.4, 0.5) is 0 Å². The van der Waals surface area contributed by atoms with Crippen LogP contribution in [0.3, 0.4) is 0 Å². The summed E-state index contributed by atoms with van der Waals surface area (Å²) < 4.78 is 5.33. The maximum atomic E-state index is 6.03. The first-order valence-electron chi connectivity index (χ1n) is 6.12. The Labute approximate surface area is 120 Å². The standard InChI is InChI=1S/C13H14ClN3OS/c14-9-3-1-8(2-4-9)5-12-16-13(18-17-12)10-6-19-7-11(10)15/h1-4,10-11H,5-7,15H2. The topological polar surface area (TPSA) is 64.9 Å². The number of halogens is 1. The Balaban J connectivity index is 1.72. The number of nitrogens with zero attached hydrogens (tertiary/aromatic N) is 2. The summed E-state index contributed by atoms with van der Waals surface area (Å²) in [7, 11) is 0. The van der Waals surface area contributed by atoms with Crippen molar-refractivity contribution in [1.82, 2.24) is 10.1 Å². The minimum atomic E-state index is 0.119. The Morgan fingerprint density at radius 3 is 2.79 bits per heavy atom. The van der Waals surface area contributed by atoms with Crippen LogP contribution < -0.4 is 5.73 Å². The van der Waals surface area contributed by atoms with Crippen molar-refractivity contribution >= 4 is 23.4 Å². The molecule has 6 heteroatoms. The van der Waals surface area contributed by atoms with E-state index in [1.165, 1.54) is 0 Å². The first-order chi connectivity index (χ1) is 9.22. The predicted octanol–water partition coefficient (Wildman–Crippen LogP) is 2.47. The average molecular weight is 296 g/mol. The predicted molar refractivity (Wildman–Crippen MR) is 76.6 cm³/mol. The maximum Gasteiger partial charge on any atom is 0.232 e. The molecule has 1 aromatic heterocycles. The van der Waals surface area contributed by atoms with Crippen LogP contribution in [0.5, 0.6) is 0 Å². The number of nitrogens with two attached hydrogens (primary N) is 1. The lowest BCUT2D eigenvalue weighted by Gasteiger charge is -2.07. The molecular formula is C13H14ClN3OS. The van der Waals surface area contributed by atoms with E-state index in [1.807, 2.05) is 36.0 Å². The summed E-state index contributed by atoms with van der Waals surface area (Å²) in [4.78, 5) is 4.46. The van der Waals surface area contributed by atoms with Crippen LogP contribution in [-0.2, 0) is 6.42 Å². The molecule has 100 valence electrons. The van der Waals surface area contributed by atoms with Gasteiger partial charge in [0.1, 0.15) is 0 Å². The third-order valence-electron chi connectivity index (χ3n) is 3.20. The van der Waals surface area contributed by atoms with Crippen molar-refractivity contribution in [3.63, 3.8) is 0 Å². The normalized spacial score (nSPS) is 22.8. The summed E-state index contributed by atoms with van der Waals surface area (Å²) in [5.74, 6) is 3.47. The lowest BCUT2D eigenvalue weighted by molar-refractivity contribution is 0.349. The summed E-state index contributed by atoms with van der Waals surface area (Å²) in [6.45, 7) is 0. The van der Waals surface area contributed by atoms with Gasteiger partial charge in [-0.1, -0.05) is 28.9 Å². The van der Waals surface area contributed by atoms with Crippen molar-refractivity contribution in [2.24, 2.45) is 5.73 Å². The van der Waals surface area contributed by atoms with Crippen LogP contribution in [-0.4, -0.2) is 27.7 Å². The van der Waals surface area contributed by atoms with Crippen molar-refractivity contribution in [2.45, 2.75) is 18.4 Å². The van der Waals surface area contributed by atoms with Crippen LogP contribution >= 0.6 is 23.4 Å². The molecule has 19 heavy (non-hydrogen) atoms. The second-order valence-corrected chi connectivity index (χ2v) is 6.17. The molecule has 1 fully saturated rings. The van der Waals surface area contributed by atoms with Crippen molar-refractivity contribution in [2.75, 3.05) is 11.5 Å². The largest absolute Gasteiger partial charge is 0.339 e. The van der Waals surface area contributed by atoms with E-state index in [0.29, 0.717) is 18.1 Å². The molecular weight excluding hydrogens is 282 g/mol. The Bertz CT molecular complexity index is 557. The summed E-state index contributed by atoms with van der Waals surface area (Å²) in [6, 6.07) is 7.78. The quantitative estimate of drug-likeness (QED) is 0.942. The maximum absolute atomic E-state index is 6.03. The van der Waals surface area contributed by atoms with Gasteiger partial charge in [0, 0.05) is 29.0 Å². The number of benzene rings is 1. The Morgan fingerprint density at radius 1 is 1.32 bits per heavy atom. The molecule has 2 N–H and O–H groups in total. The molecule has 3 rings (SSSR count).